The summed E-state index contributed by atoms with van der Waals surface area (Å²) in [5.41, 5.74) is 2.70. The smallest absolute Gasteiger partial charge is 0.242 e. The van der Waals surface area contributed by atoms with Gasteiger partial charge in [-0.15, -0.1) is 0 Å². The van der Waals surface area contributed by atoms with Gasteiger partial charge in [0.2, 0.25) is 11.8 Å². The molecule has 5 heteroatoms. The minimum Gasteiger partial charge on any atom is -0.357 e. The molecule has 1 aliphatic rings. The quantitative estimate of drug-likeness (QED) is 0.637. The van der Waals surface area contributed by atoms with Gasteiger partial charge >= 0.3 is 0 Å². The fraction of sp³-hybridized carbons (Fsp3) is 0.360. The highest BCUT2D eigenvalue weighted by Gasteiger charge is 2.42. The molecule has 4 nitrogen and oxygen atoms in total. The number of benzene rings is 2. The van der Waals surface area contributed by atoms with Gasteiger partial charge in [-0.2, -0.15) is 0 Å². The summed E-state index contributed by atoms with van der Waals surface area (Å²) in [6, 6.07) is 17.6. The minimum absolute atomic E-state index is 0.101. The predicted octanol–water partition coefficient (Wildman–Crippen LogP) is 4.83. The van der Waals surface area contributed by atoms with Crippen molar-refractivity contribution in [1.29, 1.82) is 0 Å². The summed E-state index contributed by atoms with van der Waals surface area (Å²) in [6.45, 7) is 3.78. The van der Waals surface area contributed by atoms with E-state index < -0.39 is 11.5 Å². The molecule has 30 heavy (non-hydrogen) atoms. The lowest BCUT2D eigenvalue weighted by Crippen LogP contribution is -2.51. The molecule has 2 aromatic rings. The van der Waals surface area contributed by atoms with E-state index in [0.29, 0.717) is 17.9 Å². The number of hydrogen-bond donors (Lipinski definition) is 2. The lowest BCUT2D eigenvalue weighted by Gasteiger charge is -2.30. The lowest BCUT2D eigenvalue weighted by molar-refractivity contribution is -0.135. The third kappa shape index (κ3) is 5.31. The third-order valence-corrected chi connectivity index (χ3v) is 6.08. The van der Waals surface area contributed by atoms with Gasteiger partial charge in [0.1, 0.15) is 6.04 Å². The van der Waals surface area contributed by atoms with Crippen LogP contribution < -0.4 is 10.6 Å². The van der Waals surface area contributed by atoms with Gasteiger partial charge in [0.05, 0.1) is 5.41 Å². The first-order valence-electron chi connectivity index (χ1n) is 10.4. The van der Waals surface area contributed by atoms with Crippen LogP contribution in [0.5, 0.6) is 0 Å². The third-order valence-electron chi connectivity index (χ3n) is 5.94. The van der Waals surface area contributed by atoms with Crippen LogP contribution in [0.1, 0.15) is 37.7 Å². The number of allylic oxidation sites excluding steroid dienone is 1. The van der Waals surface area contributed by atoms with Gasteiger partial charge in [-0.05, 0) is 36.0 Å². The molecule has 0 aliphatic heterocycles. The van der Waals surface area contributed by atoms with Crippen molar-refractivity contribution in [2.45, 2.75) is 44.6 Å². The van der Waals surface area contributed by atoms with Gasteiger partial charge in [-0.1, -0.05) is 85.6 Å². The van der Waals surface area contributed by atoms with E-state index in [9.17, 15) is 9.59 Å². The van der Waals surface area contributed by atoms with Crippen LogP contribution in [0.2, 0.25) is 0 Å². The predicted molar refractivity (Wildman–Crippen MR) is 122 cm³/mol. The molecule has 1 aliphatic carbocycles. The van der Waals surface area contributed by atoms with Crippen LogP contribution in [0.3, 0.4) is 0 Å². The van der Waals surface area contributed by atoms with E-state index in [1.54, 1.807) is 7.05 Å². The van der Waals surface area contributed by atoms with E-state index in [-0.39, 0.29) is 11.8 Å². The summed E-state index contributed by atoms with van der Waals surface area (Å²) < 4.78 is 0. The van der Waals surface area contributed by atoms with E-state index >= 15 is 0 Å². The van der Waals surface area contributed by atoms with Crippen LogP contribution in [-0.2, 0) is 16.0 Å². The van der Waals surface area contributed by atoms with Crippen molar-refractivity contribution in [2.75, 3.05) is 7.05 Å². The van der Waals surface area contributed by atoms with Gasteiger partial charge in [0.15, 0.2) is 0 Å². The van der Waals surface area contributed by atoms with Crippen molar-refractivity contribution < 1.29 is 9.59 Å². The van der Waals surface area contributed by atoms with Crippen molar-refractivity contribution in [3.8, 4) is 11.1 Å². The van der Waals surface area contributed by atoms with E-state index in [0.717, 1.165) is 42.4 Å². The standard InChI is InChI=1S/C25H29ClN2O2/c1-18(26)17-25(14-6-7-15-25)24(30)28-22(23(29)27-2)16-19-10-12-21(13-11-19)20-8-4-3-5-9-20/h3-5,8-13,22H,1,6-7,14-17H2,2H3,(H,27,29)(H,28,30)/t22-/m0/s1. The molecule has 0 unspecified atom stereocenters. The van der Waals surface area contributed by atoms with Crippen LogP contribution in [0.15, 0.2) is 66.2 Å². The van der Waals surface area contributed by atoms with E-state index in [1.165, 1.54) is 0 Å². The summed E-state index contributed by atoms with van der Waals surface area (Å²) in [7, 11) is 1.59. The molecular formula is C25H29ClN2O2. The van der Waals surface area contributed by atoms with Gasteiger partial charge in [-0.3, -0.25) is 9.59 Å². The Hall–Kier alpha value is -2.59. The molecule has 158 valence electrons. The number of carbonyl (C=O) groups is 2. The van der Waals surface area contributed by atoms with Crippen LogP contribution >= 0.6 is 11.6 Å². The maximum Gasteiger partial charge on any atom is 0.242 e. The number of likely N-dealkylation sites (N-methyl/N-ethyl adjacent to an activating group) is 1. The molecule has 0 saturated heterocycles. The first kappa shape index (κ1) is 22.1. The molecule has 0 spiro atoms. The summed E-state index contributed by atoms with van der Waals surface area (Å²) in [5, 5.41) is 6.16. The highest BCUT2D eigenvalue weighted by Crippen LogP contribution is 2.43. The molecule has 0 radical (unpaired) electrons. The van der Waals surface area contributed by atoms with Crippen molar-refractivity contribution in [3.63, 3.8) is 0 Å². The Balaban J connectivity index is 1.74. The SMILES string of the molecule is C=C(Cl)CC1(C(=O)N[C@@H](Cc2ccc(-c3ccccc3)cc2)C(=O)NC)CCCC1. The zero-order valence-corrected chi connectivity index (χ0v) is 18.2. The zero-order chi connectivity index (χ0) is 21.6. The Morgan fingerprint density at radius 3 is 2.20 bits per heavy atom. The molecule has 3 rings (SSSR count). The van der Waals surface area contributed by atoms with Crippen molar-refractivity contribution in [3.05, 3.63) is 71.8 Å². The Morgan fingerprint density at radius 1 is 1.03 bits per heavy atom. The highest BCUT2D eigenvalue weighted by atomic mass is 35.5. The van der Waals surface area contributed by atoms with Gasteiger partial charge in [0.25, 0.3) is 0 Å². The number of hydrogen-bond acceptors (Lipinski definition) is 2. The van der Waals surface area contributed by atoms with Gasteiger partial charge < -0.3 is 10.6 Å². The first-order chi connectivity index (χ1) is 14.4. The first-order valence-corrected chi connectivity index (χ1v) is 10.8. The highest BCUT2D eigenvalue weighted by molar-refractivity contribution is 6.29. The molecule has 0 heterocycles. The second-order valence-electron chi connectivity index (χ2n) is 8.09. The minimum atomic E-state index is -0.633. The molecular weight excluding hydrogens is 396 g/mol. The molecule has 2 amide bonds. The largest absolute Gasteiger partial charge is 0.357 e. The second-order valence-corrected chi connectivity index (χ2v) is 8.62. The average Bonchev–Trinajstić information content (AvgIpc) is 3.23. The lowest BCUT2D eigenvalue weighted by atomic mass is 9.81. The van der Waals surface area contributed by atoms with Crippen molar-refractivity contribution >= 4 is 23.4 Å². The van der Waals surface area contributed by atoms with Gasteiger partial charge in [-0.25, -0.2) is 0 Å². The average molecular weight is 425 g/mol. The summed E-state index contributed by atoms with van der Waals surface area (Å²) in [4.78, 5) is 25.7. The molecule has 2 N–H and O–H groups in total. The fourth-order valence-electron chi connectivity index (χ4n) is 4.30. The number of rotatable bonds is 8. The van der Waals surface area contributed by atoms with E-state index in [4.69, 9.17) is 11.6 Å². The monoisotopic (exact) mass is 424 g/mol. The molecule has 0 aromatic heterocycles. The topological polar surface area (TPSA) is 58.2 Å². The number of nitrogens with one attached hydrogen (secondary N) is 2. The summed E-state index contributed by atoms with van der Waals surface area (Å²) in [5.74, 6) is -0.301. The Bertz CT molecular complexity index is 887. The summed E-state index contributed by atoms with van der Waals surface area (Å²) in [6.07, 6.45) is 4.41. The Morgan fingerprint density at radius 2 is 1.63 bits per heavy atom. The van der Waals surface area contributed by atoms with E-state index in [2.05, 4.69) is 29.3 Å². The molecule has 0 bridgehead atoms. The van der Waals surface area contributed by atoms with Crippen LogP contribution in [-0.4, -0.2) is 24.9 Å². The number of carbonyl (C=O) groups excluding carboxylic acids is 2. The summed E-state index contributed by atoms with van der Waals surface area (Å²) >= 11 is 6.06. The zero-order valence-electron chi connectivity index (χ0n) is 17.4. The van der Waals surface area contributed by atoms with Crippen molar-refractivity contribution in [1.82, 2.24) is 10.6 Å². The molecule has 1 saturated carbocycles. The van der Waals surface area contributed by atoms with Crippen molar-refractivity contribution in [2.24, 2.45) is 5.41 Å². The number of amides is 2. The molecule has 1 fully saturated rings. The van der Waals surface area contributed by atoms with Crippen LogP contribution in [0.25, 0.3) is 11.1 Å². The molecule has 2 aromatic carbocycles. The van der Waals surface area contributed by atoms with E-state index in [1.807, 2.05) is 42.5 Å². The van der Waals surface area contributed by atoms with Crippen LogP contribution in [0, 0.1) is 5.41 Å². The second kappa shape index (κ2) is 9.94. The Kier molecular flexibility index (Phi) is 7.33. The molecule has 1 atom stereocenters. The van der Waals surface area contributed by atoms with Crippen LogP contribution in [0.4, 0.5) is 0 Å². The van der Waals surface area contributed by atoms with Gasteiger partial charge in [0, 0.05) is 18.5 Å². The number of halogens is 1. The Labute approximate surface area is 183 Å². The maximum atomic E-state index is 13.2. The normalized spacial score (nSPS) is 15.9. The fourth-order valence-corrected chi connectivity index (χ4v) is 4.55. The maximum absolute atomic E-state index is 13.2.